The summed E-state index contributed by atoms with van der Waals surface area (Å²) in [5.41, 5.74) is 0.521. The third-order valence-electron chi connectivity index (χ3n) is 1.95. The SMILES string of the molecule is CCCn1ncc(Cl)c1C(=O)CN(C)C. The van der Waals surface area contributed by atoms with E-state index in [4.69, 9.17) is 11.6 Å². The highest BCUT2D eigenvalue weighted by molar-refractivity contribution is 6.33. The molecule has 0 aliphatic carbocycles. The second-order valence-electron chi connectivity index (χ2n) is 3.73. The van der Waals surface area contributed by atoms with Crippen LogP contribution < -0.4 is 0 Å². The predicted octanol–water partition coefficient (Wildman–Crippen LogP) is 1.69. The van der Waals surface area contributed by atoms with Crippen LogP contribution in [0.5, 0.6) is 0 Å². The molecule has 0 unspecified atom stereocenters. The number of ketones is 1. The highest BCUT2D eigenvalue weighted by Crippen LogP contribution is 2.16. The van der Waals surface area contributed by atoms with E-state index >= 15 is 0 Å². The largest absolute Gasteiger partial charge is 0.302 e. The van der Waals surface area contributed by atoms with Crippen molar-refractivity contribution in [1.82, 2.24) is 14.7 Å². The third-order valence-corrected chi connectivity index (χ3v) is 2.23. The van der Waals surface area contributed by atoms with Gasteiger partial charge in [0.15, 0.2) is 5.78 Å². The summed E-state index contributed by atoms with van der Waals surface area (Å²) in [4.78, 5) is 13.7. The van der Waals surface area contributed by atoms with E-state index in [0.29, 0.717) is 17.3 Å². The predicted molar refractivity (Wildman–Crippen MR) is 60.4 cm³/mol. The van der Waals surface area contributed by atoms with Crippen molar-refractivity contribution < 1.29 is 4.79 Å². The topological polar surface area (TPSA) is 38.1 Å². The Morgan fingerprint density at radius 3 is 2.80 bits per heavy atom. The van der Waals surface area contributed by atoms with Crippen molar-refractivity contribution >= 4 is 17.4 Å². The van der Waals surface area contributed by atoms with Gasteiger partial charge in [-0.2, -0.15) is 5.10 Å². The van der Waals surface area contributed by atoms with Gasteiger partial charge in [-0.25, -0.2) is 0 Å². The first-order valence-corrected chi connectivity index (χ1v) is 5.33. The van der Waals surface area contributed by atoms with E-state index in [0.717, 1.165) is 13.0 Å². The molecule has 0 spiro atoms. The van der Waals surface area contributed by atoms with Crippen LogP contribution in [0.15, 0.2) is 6.20 Å². The molecule has 0 amide bonds. The Kier molecular flexibility index (Phi) is 4.29. The molecule has 0 aliphatic heterocycles. The third kappa shape index (κ3) is 3.04. The van der Waals surface area contributed by atoms with Crippen molar-refractivity contribution in [3.8, 4) is 0 Å². The number of halogens is 1. The van der Waals surface area contributed by atoms with Crippen LogP contribution in [-0.4, -0.2) is 41.1 Å². The molecule has 0 bridgehead atoms. The van der Waals surface area contributed by atoms with Gasteiger partial charge in [0.05, 0.1) is 17.8 Å². The van der Waals surface area contributed by atoms with E-state index in [1.54, 1.807) is 4.68 Å². The number of aromatic nitrogens is 2. The zero-order valence-electron chi connectivity index (χ0n) is 9.33. The fourth-order valence-corrected chi connectivity index (χ4v) is 1.63. The van der Waals surface area contributed by atoms with Gasteiger partial charge < -0.3 is 4.90 Å². The van der Waals surface area contributed by atoms with Crippen molar-refractivity contribution in [3.63, 3.8) is 0 Å². The molecule has 0 fully saturated rings. The zero-order chi connectivity index (χ0) is 11.4. The first-order valence-electron chi connectivity index (χ1n) is 4.95. The van der Waals surface area contributed by atoms with Gasteiger partial charge in [0.25, 0.3) is 0 Å². The molecule has 1 aromatic heterocycles. The average Bonchev–Trinajstić information content (AvgIpc) is 2.46. The van der Waals surface area contributed by atoms with Crippen LogP contribution in [0.25, 0.3) is 0 Å². The van der Waals surface area contributed by atoms with E-state index < -0.39 is 0 Å². The van der Waals surface area contributed by atoms with Crippen LogP contribution in [0.1, 0.15) is 23.8 Å². The second-order valence-corrected chi connectivity index (χ2v) is 4.13. The Morgan fingerprint density at radius 2 is 2.27 bits per heavy atom. The van der Waals surface area contributed by atoms with Crippen LogP contribution in [-0.2, 0) is 6.54 Å². The molecule has 1 rings (SSSR count). The molecule has 1 aromatic rings. The molecule has 0 saturated carbocycles. The first-order chi connectivity index (χ1) is 7.06. The maximum absolute atomic E-state index is 11.8. The van der Waals surface area contributed by atoms with Crippen molar-refractivity contribution in [1.29, 1.82) is 0 Å². The molecule has 0 aromatic carbocycles. The van der Waals surface area contributed by atoms with E-state index in [2.05, 4.69) is 5.10 Å². The van der Waals surface area contributed by atoms with Gasteiger partial charge in [0.2, 0.25) is 0 Å². The maximum Gasteiger partial charge on any atom is 0.196 e. The fourth-order valence-electron chi connectivity index (χ4n) is 1.38. The number of rotatable bonds is 5. The van der Waals surface area contributed by atoms with Gasteiger partial charge in [0.1, 0.15) is 5.69 Å². The molecule has 84 valence electrons. The second kappa shape index (κ2) is 5.28. The van der Waals surface area contributed by atoms with Gasteiger partial charge in [-0.15, -0.1) is 0 Å². The summed E-state index contributed by atoms with van der Waals surface area (Å²) in [6.07, 6.45) is 2.46. The zero-order valence-corrected chi connectivity index (χ0v) is 10.1. The minimum atomic E-state index is 0.0101. The number of hydrogen-bond donors (Lipinski definition) is 0. The smallest absolute Gasteiger partial charge is 0.196 e. The molecule has 4 nitrogen and oxygen atoms in total. The number of Topliss-reactive ketones (excluding diaryl/α,β-unsaturated/α-hetero) is 1. The highest BCUT2D eigenvalue weighted by Gasteiger charge is 2.17. The van der Waals surface area contributed by atoms with Crippen LogP contribution in [0.2, 0.25) is 5.02 Å². The summed E-state index contributed by atoms with van der Waals surface area (Å²) >= 11 is 5.94. The molecular weight excluding hydrogens is 214 g/mol. The summed E-state index contributed by atoms with van der Waals surface area (Å²) < 4.78 is 1.67. The summed E-state index contributed by atoms with van der Waals surface area (Å²) in [5.74, 6) is 0.0101. The van der Waals surface area contributed by atoms with Gasteiger partial charge in [-0.1, -0.05) is 18.5 Å². The lowest BCUT2D eigenvalue weighted by Crippen LogP contribution is -2.24. The summed E-state index contributed by atoms with van der Waals surface area (Å²) in [7, 11) is 3.71. The van der Waals surface area contributed by atoms with E-state index in [-0.39, 0.29) is 5.78 Å². The molecule has 5 heteroatoms. The molecule has 0 aliphatic rings. The first kappa shape index (κ1) is 12.2. The average molecular weight is 230 g/mol. The van der Waals surface area contributed by atoms with Gasteiger partial charge in [0, 0.05) is 6.54 Å². The highest BCUT2D eigenvalue weighted by atomic mass is 35.5. The lowest BCUT2D eigenvalue weighted by atomic mass is 10.2. The number of carbonyl (C=O) groups excluding carboxylic acids is 1. The van der Waals surface area contributed by atoms with Crippen LogP contribution in [0.3, 0.4) is 0 Å². The van der Waals surface area contributed by atoms with Crippen molar-refractivity contribution in [3.05, 3.63) is 16.9 Å². The van der Waals surface area contributed by atoms with Crippen molar-refractivity contribution in [2.24, 2.45) is 0 Å². The quantitative estimate of drug-likeness (QED) is 0.722. The molecule has 0 N–H and O–H groups in total. The van der Waals surface area contributed by atoms with Crippen molar-refractivity contribution in [2.75, 3.05) is 20.6 Å². The normalized spacial score (nSPS) is 11.0. The lowest BCUT2D eigenvalue weighted by molar-refractivity contribution is 0.0947. The maximum atomic E-state index is 11.8. The Morgan fingerprint density at radius 1 is 1.60 bits per heavy atom. The Balaban J connectivity index is 2.90. The number of likely N-dealkylation sites (N-methyl/N-ethyl adjacent to an activating group) is 1. The number of carbonyl (C=O) groups is 1. The molecular formula is C10H16ClN3O. The monoisotopic (exact) mass is 229 g/mol. The molecule has 1 heterocycles. The molecule has 0 atom stereocenters. The van der Waals surface area contributed by atoms with Crippen LogP contribution >= 0.6 is 11.6 Å². The Bertz CT molecular complexity index is 346. The van der Waals surface area contributed by atoms with E-state index in [9.17, 15) is 4.79 Å². The standard InChI is InChI=1S/C10H16ClN3O/c1-4-5-14-10(8(11)6-12-14)9(15)7-13(2)3/h6H,4-5,7H2,1-3H3. The van der Waals surface area contributed by atoms with Crippen LogP contribution in [0, 0.1) is 0 Å². The van der Waals surface area contributed by atoms with Gasteiger partial charge >= 0.3 is 0 Å². The van der Waals surface area contributed by atoms with E-state index in [1.807, 2.05) is 25.9 Å². The summed E-state index contributed by atoms with van der Waals surface area (Å²) in [5, 5.41) is 4.52. The number of nitrogens with zero attached hydrogens (tertiary/aromatic N) is 3. The fraction of sp³-hybridized carbons (Fsp3) is 0.600. The minimum Gasteiger partial charge on any atom is -0.302 e. The molecule has 15 heavy (non-hydrogen) atoms. The number of hydrogen-bond acceptors (Lipinski definition) is 3. The summed E-state index contributed by atoms with van der Waals surface area (Å²) in [6.45, 7) is 3.12. The molecule has 0 saturated heterocycles. The lowest BCUT2D eigenvalue weighted by Gasteiger charge is -2.10. The van der Waals surface area contributed by atoms with Gasteiger partial charge in [-0.05, 0) is 20.5 Å². The minimum absolute atomic E-state index is 0.0101. The Labute approximate surface area is 94.8 Å². The van der Waals surface area contributed by atoms with E-state index in [1.165, 1.54) is 6.20 Å². The Hall–Kier alpha value is -0.870. The number of aryl methyl sites for hydroxylation is 1. The van der Waals surface area contributed by atoms with Crippen LogP contribution in [0.4, 0.5) is 0 Å². The van der Waals surface area contributed by atoms with Crippen molar-refractivity contribution in [2.45, 2.75) is 19.9 Å². The summed E-state index contributed by atoms with van der Waals surface area (Å²) in [6, 6.07) is 0. The molecule has 0 radical (unpaired) electrons. The van der Waals surface area contributed by atoms with Gasteiger partial charge in [-0.3, -0.25) is 9.48 Å².